The Bertz CT molecular complexity index is 1950. The van der Waals surface area contributed by atoms with Gasteiger partial charge in [-0.15, -0.1) is 0 Å². The number of hydrogen-bond acceptors (Lipinski definition) is 0. The van der Waals surface area contributed by atoms with Crippen LogP contribution in [0.3, 0.4) is 0 Å². The summed E-state index contributed by atoms with van der Waals surface area (Å²) in [5.41, 5.74) is 15.1. The second-order valence-corrected chi connectivity index (χ2v) is 11.7. The van der Waals surface area contributed by atoms with Crippen molar-refractivity contribution in [3.63, 3.8) is 0 Å². The molecule has 2 aliphatic rings. The van der Waals surface area contributed by atoms with E-state index in [1.165, 1.54) is 44.5 Å². The summed E-state index contributed by atoms with van der Waals surface area (Å²) >= 11 is 0. The molecule has 0 fully saturated rings. The van der Waals surface area contributed by atoms with Crippen molar-refractivity contribution in [3.05, 3.63) is 168 Å². The molecule has 5 aromatic rings. The molecular formula is C47H47F. The van der Waals surface area contributed by atoms with E-state index in [-0.39, 0.29) is 0 Å². The Morgan fingerprint density at radius 3 is 1.50 bits per heavy atom. The van der Waals surface area contributed by atoms with Crippen LogP contribution in [0.15, 0.2) is 152 Å². The Kier molecular flexibility index (Phi) is 12.3. The van der Waals surface area contributed by atoms with Gasteiger partial charge in [-0.2, -0.15) is 0 Å². The number of rotatable bonds is 7. The SMILES string of the molecule is CC.CC.FCc1cccc(-c2cccc(-c3cc(-c4cccc(C5=CCCC=C5)c4)cc(-c4cccc(C5=CC=CCC5)c4)c3)c2)c1. The van der Waals surface area contributed by atoms with Crippen LogP contribution in [0, 0.1) is 0 Å². The van der Waals surface area contributed by atoms with Crippen molar-refractivity contribution in [1.29, 1.82) is 0 Å². The second-order valence-electron chi connectivity index (χ2n) is 11.7. The molecule has 2 aliphatic carbocycles. The summed E-state index contributed by atoms with van der Waals surface area (Å²) in [6, 6.07) is 41.2. The largest absolute Gasteiger partial charge is 0.246 e. The Morgan fingerprint density at radius 2 is 0.958 bits per heavy atom. The monoisotopic (exact) mass is 630 g/mol. The van der Waals surface area contributed by atoms with Gasteiger partial charge in [0.1, 0.15) is 6.67 Å². The van der Waals surface area contributed by atoms with E-state index in [1.807, 2.05) is 45.9 Å². The fourth-order valence-electron chi connectivity index (χ4n) is 6.29. The van der Waals surface area contributed by atoms with Crippen LogP contribution in [0.4, 0.5) is 4.39 Å². The summed E-state index contributed by atoms with van der Waals surface area (Å²) in [5.74, 6) is 0. The quantitative estimate of drug-likeness (QED) is 0.168. The number of hydrogen-bond donors (Lipinski definition) is 0. The molecular weight excluding hydrogens is 584 g/mol. The van der Waals surface area contributed by atoms with Crippen LogP contribution in [0.1, 0.15) is 70.1 Å². The minimum atomic E-state index is -0.461. The van der Waals surface area contributed by atoms with Crippen molar-refractivity contribution >= 4 is 11.1 Å². The Hall–Kier alpha value is -5.01. The number of alkyl halides is 1. The van der Waals surface area contributed by atoms with Crippen molar-refractivity contribution in [2.45, 2.75) is 60.1 Å². The fourth-order valence-corrected chi connectivity index (χ4v) is 6.29. The third kappa shape index (κ3) is 8.28. The van der Waals surface area contributed by atoms with Crippen LogP contribution in [0.25, 0.3) is 55.7 Å². The van der Waals surface area contributed by atoms with Gasteiger partial charge in [-0.05, 0) is 140 Å². The number of benzene rings is 5. The molecule has 0 aliphatic heterocycles. The molecule has 0 saturated heterocycles. The van der Waals surface area contributed by atoms with E-state index in [1.54, 1.807) is 0 Å². The van der Waals surface area contributed by atoms with Gasteiger partial charge in [0.05, 0.1) is 0 Å². The summed E-state index contributed by atoms with van der Waals surface area (Å²) in [7, 11) is 0. The smallest absolute Gasteiger partial charge is 0.115 e. The van der Waals surface area contributed by atoms with Crippen molar-refractivity contribution in [2.24, 2.45) is 0 Å². The molecule has 1 heteroatoms. The highest BCUT2D eigenvalue weighted by atomic mass is 19.1. The maximum Gasteiger partial charge on any atom is 0.115 e. The molecule has 0 saturated carbocycles. The second kappa shape index (κ2) is 17.2. The molecule has 5 aromatic carbocycles. The zero-order chi connectivity index (χ0) is 33.7. The minimum absolute atomic E-state index is 0.461. The standard InChI is InChI=1S/C43H35F.2C2H6/c44-30-31-11-7-16-34(23-31)37-19-10-22-40(26-37)43-28-41(38-20-8-17-35(24-38)32-12-3-1-4-13-32)27-42(29-43)39-21-9-18-36(25-39)33-14-5-2-6-15-33;2*1-2/h1,3,5,7-12,14-29H,2,4,6,13,30H2;2*1-2H3. The van der Waals surface area contributed by atoms with Gasteiger partial charge in [-0.3, -0.25) is 0 Å². The van der Waals surface area contributed by atoms with Crippen molar-refractivity contribution < 1.29 is 4.39 Å². The van der Waals surface area contributed by atoms with Crippen LogP contribution in [0.2, 0.25) is 0 Å². The normalized spacial score (nSPS) is 13.4. The van der Waals surface area contributed by atoms with Crippen molar-refractivity contribution in [1.82, 2.24) is 0 Å². The first-order valence-corrected chi connectivity index (χ1v) is 17.6. The minimum Gasteiger partial charge on any atom is -0.246 e. The summed E-state index contributed by atoms with van der Waals surface area (Å²) < 4.78 is 13.5. The maximum atomic E-state index is 13.5. The summed E-state index contributed by atoms with van der Waals surface area (Å²) in [6.07, 6.45) is 17.8. The van der Waals surface area contributed by atoms with E-state index in [4.69, 9.17) is 0 Å². The fraction of sp³-hybridized carbons (Fsp3) is 0.191. The number of halogens is 1. The topological polar surface area (TPSA) is 0 Å². The van der Waals surface area contributed by atoms with E-state index >= 15 is 0 Å². The molecule has 0 amide bonds. The molecule has 0 N–H and O–H groups in total. The lowest BCUT2D eigenvalue weighted by molar-refractivity contribution is 0.485. The van der Waals surface area contributed by atoms with Gasteiger partial charge >= 0.3 is 0 Å². The average Bonchev–Trinajstić information content (AvgIpc) is 3.20. The first kappa shape index (κ1) is 34.3. The summed E-state index contributed by atoms with van der Waals surface area (Å²) in [6.45, 7) is 7.54. The van der Waals surface area contributed by atoms with E-state index in [0.29, 0.717) is 5.56 Å². The van der Waals surface area contributed by atoms with Crippen molar-refractivity contribution in [2.75, 3.05) is 0 Å². The summed E-state index contributed by atoms with van der Waals surface area (Å²) in [4.78, 5) is 0. The molecule has 0 atom stereocenters. The third-order valence-electron chi connectivity index (χ3n) is 8.65. The van der Waals surface area contributed by atoms with Crippen LogP contribution < -0.4 is 0 Å². The van der Waals surface area contributed by atoms with Gasteiger partial charge in [0, 0.05) is 0 Å². The molecule has 0 radical (unpaired) electrons. The predicted octanol–water partition coefficient (Wildman–Crippen LogP) is 14.3. The van der Waals surface area contributed by atoms with Crippen LogP contribution in [-0.2, 0) is 6.67 Å². The molecule has 48 heavy (non-hydrogen) atoms. The molecule has 0 aromatic heterocycles. The lowest BCUT2D eigenvalue weighted by Gasteiger charge is -2.15. The molecule has 0 spiro atoms. The van der Waals surface area contributed by atoms with E-state index in [9.17, 15) is 4.39 Å². The van der Waals surface area contributed by atoms with Gasteiger partial charge in [0.25, 0.3) is 0 Å². The highest BCUT2D eigenvalue weighted by Gasteiger charge is 2.12. The van der Waals surface area contributed by atoms with E-state index in [0.717, 1.165) is 47.9 Å². The molecule has 0 unspecified atom stereocenters. The lowest BCUT2D eigenvalue weighted by atomic mass is 9.89. The zero-order valence-electron chi connectivity index (χ0n) is 28.8. The van der Waals surface area contributed by atoms with Gasteiger partial charge in [-0.25, -0.2) is 4.39 Å². The van der Waals surface area contributed by atoms with Gasteiger partial charge < -0.3 is 0 Å². The summed E-state index contributed by atoms with van der Waals surface area (Å²) in [5, 5.41) is 0. The Morgan fingerprint density at radius 1 is 0.479 bits per heavy atom. The highest BCUT2D eigenvalue weighted by molar-refractivity contribution is 5.85. The highest BCUT2D eigenvalue weighted by Crippen LogP contribution is 2.37. The lowest BCUT2D eigenvalue weighted by Crippen LogP contribution is -1.91. The first-order valence-electron chi connectivity index (χ1n) is 17.6. The maximum absolute atomic E-state index is 13.5. The van der Waals surface area contributed by atoms with Crippen LogP contribution in [-0.4, -0.2) is 0 Å². The zero-order valence-corrected chi connectivity index (χ0v) is 28.8. The Labute approximate surface area is 287 Å². The third-order valence-corrected chi connectivity index (χ3v) is 8.65. The number of allylic oxidation sites excluding steroid dienone is 8. The Balaban J connectivity index is 0.00000109. The van der Waals surface area contributed by atoms with Crippen LogP contribution in [0.5, 0.6) is 0 Å². The molecule has 0 bridgehead atoms. The molecule has 7 rings (SSSR count). The van der Waals surface area contributed by atoms with Crippen molar-refractivity contribution in [3.8, 4) is 44.5 Å². The van der Waals surface area contributed by atoms with Gasteiger partial charge in [0.2, 0.25) is 0 Å². The average molecular weight is 631 g/mol. The molecule has 0 nitrogen and oxygen atoms in total. The van der Waals surface area contributed by atoms with Crippen LogP contribution >= 0.6 is 0 Å². The predicted molar refractivity (Wildman–Crippen MR) is 208 cm³/mol. The first-order chi connectivity index (χ1) is 23.7. The molecule has 0 heterocycles. The molecule has 242 valence electrons. The van der Waals surface area contributed by atoms with E-state index in [2.05, 4.69) is 134 Å². The van der Waals surface area contributed by atoms with Gasteiger partial charge in [0.15, 0.2) is 0 Å². The van der Waals surface area contributed by atoms with E-state index < -0.39 is 6.67 Å². The van der Waals surface area contributed by atoms with Gasteiger partial charge in [-0.1, -0.05) is 137 Å².